The van der Waals surface area contributed by atoms with Gasteiger partial charge in [-0.1, -0.05) is 20.8 Å². The van der Waals surface area contributed by atoms with Crippen LogP contribution in [0.5, 0.6) is 0 Å². The van der Waals surface area contributed by atoms with Gasteiger partial charge in [0.2, 0.25) is 0 Å². The largest absolute Gasteiger partial charge is 0.298 e. The molecule has 3 aromatic rings. The van der Waals surface area contributed by atoms with E-state index < -0.39 is 0 Å². The number of amides is 1. The maximum Gasteiger partial charge on any atom is 0.258 e. The average molecular weight is 441 g/mol. The van der Waals surface area contributed by atoms with Gasteiger partial charge in [-0.05, 0) is 57.7 Å². The van der Waals surface area contributed by atoms with E-state index in [1.807, 2.05) is 16.1 Å². The Hall–Kier alpha value is -2.32. The van der Waals surface area contributed by atoms with Gasteiger partial charge in [0.25, 0.3) is 5.91 Å². The highest BCUT2D eigenvalue weighted by Crippen LogP contribution is 2.26. The zero-order valence-electron chi connectivity index (χ0n) is 19.1. The van der Waals surface area contributed by atoms with E-state index in [0.717, 1.165) is 48.0 Å². The van der Waals surface area contributed by atoms with Gasteiger partial charge in [0, 0.05) is 23.7 Å². The molecular weight excluding hydrogens is 408 g/mol. The van der Waals surface area contributed by atoms with E-state index in [4.69, 9.17) is 4.98 Å². The topological polar surface area (TPSA) is 75.9 Å². The molecule has 1 N–H and O–H groups in total. The zero-order valence-corrected chi connectivity index (χ0v) is 19.9. The van der Waals surface area contributed by atoms with Crippen LogP contribution >= 0.6 is 11.3 Å². The maximum absolute atomic E-state index is 13.2. The molecule has 4 rings (SSSR count). The second kappa shape index (κ2) is 9.04. The van der Waals surface area contributed by atoms with Gasteiger partial charge < -0.3 is 0 Å². The predicted octanol–water partition coefficient (Wildman–Crippen LogP) is 5.08. The number of rotatable bonds is 6. The molecule has 8 heteroatoms. The second-order valence-electron chi connectivity index (χ2n) is 9.23. The van der Waals surface area contributed by atoms with Gasteiger partial charge in [-0.3, -0.25) is 15.0 Å². The van der Waals surface area contributed by atoms with Gasteiger partial charge in [-0.2, -0.15) is 5.10 Å². The van der Waals surface area contributed by atoms with Gasteiger partial charge in [0.1, 0.15) is 0 Å². The third-order valence-electron chi connectivity index (χ3n) is 5.95. The van der Waals surface area contributed by atoms with Crippen LogP contribution in [-0.2, 0) is 6.54 Å². The Labute approximate surface area is 187 Å². The lowest BCUT2D eigenvalue weighted by Crippen LogP contribution is -2.32. The molecule has 7 nitrogen and oxygen atoms in total. The molecule has 166 valence electrons. The molecule has 1 aliphatic rings. The van der Waals surface area contributed by atoms with Crippen LogP contribution in [0.1, 0.15) is 81.2 Å². The highest BCUT2D eigenvalue weighted by Gasteiger charge is 2.21. The minimum absolute atomic E-state index is 0.162. The van der Waals surface area contributed by atoms with Gasteiger partial charge in [-0.25, -0.2) is 14.6 Å². The first kappa shape index (κ1) is 21.9. The lowest BCUT2D eigenvalue weighted by molar-refractivity contribution is 0.102. The van der Waals surface area contributed by atoms with E-state index in [1.54, 1.807) is 6.20 Å². The number of thiazole rings is 1. The van der Waals surface area contributed by atoms with E-state index in [0.29, 0.717) is 10.7 Å². The van der Waals surface area contributed by atoms with Crippen LogP contribution in [0.4, 0.5) is 5.13 Å². The van der Waals surface area contributed by atoms with Crippen LogP contribution in [0.25, 0.3) is 11.0 Å². The molecule has 1 saturated heterocycles. The van der Waals surface area contributed by atoms with Gasteiger partial charge in [-0.15, -0.1) is 11.3 Å². The summed E-state index contributed by atoms with van der Waals surface area (Å²) in [5, 5.41) is 10.9. The number of hydrogen-bond donors (Lipinski definition) is 1. The van der Waals surface area contributed by atoms with Crippen molar-refractivity contribution in [2.24, 2.45) is 5.92 Å². The minimum Gasteiger partial charge on any atom is -0.298 e. The monoisotopic (exact) mass is 440 g/mol. The average Bonchev–Trinajstić information content (AvgIpc) is 3.35. The van der Waals surface area contributed by atoms with Gasteiger partial charge in [0.05, 0.1) is 22.8 Å². The molecule has 1 amide bonds. The molecule has 1 fully saturated rings. The first-order valence-corrected chi connectivity index (χ1v) is 12.1. The Bertz CT molecular complexity index is 1060. The lowest BCUT2D eigenvalue weighted by Gasteiger charge is -2.29. The Morgan fingerprint density at radius 1 is 1.23 bits per heavy atom. The molecule has 0 unspecified atom stereocenters. The third kappa shape index (κ3) is 4.80. The highest BCUT2D eigenvalue weighted by atomic mass is 32.1. The smallest absolute Gasteiger partial charge is 0.258 e. The Morgan fingerprint density at radius 3 is 2.65 bits per heavy atom. The first-order valence-electron chi connectivity index (χ1n) is 11.2. The van der Waals surface area contributed by atoms with Crippen molar-refractivity contribution in [3.8, 4) is 0 Å². The van der Waals surface area contributed by atoms with Gasteiger partial charge >= 0.3 is 0 Å². The SMILES string of the molecule is CC1CCN(Cc2csc(NC(=O)c3cc(C(C)C)nc4c3cnn4C(C)C)n2)CC1. The van der Waals surface area contributed by atoms with E-state index in [-0.39, 0.29) is 17.9 Å². The Balaban J connectivity index is 1.54. The van der Waals surface area contributed by atoms with Crippen molar-refractivity contribution in [3.05, 3.63) is 34.6 Å². The number of fused-ring (bicyclic) bond motifs is 1. The summed E-state index contributed by atoms with van der Waals surface area (Å²) in [5.74, 6) is 0.866. The maximum atomic E-state index is 13.2. The van der Waals surface area contributed by atoms with E-state index >= 15 is 0 Å². The predicted molar refractivity (Wildman–Crippen MR) is 126 cm³/mol. The number of anilines is 1. The first-order chi connectivity index (χ1) is 14.8. The molecule has 3 aromatic heterocycles. The van der Waals surface area contributed by atoms with Crippen molar-refractivity contribution in [3.63, 3.8) is 0 Å². The van der Waals surface area contributed by atoms with E-state index in [9.17, 15) is 4.79 Å². The second-order valence-corrected chi connectivity index (χ2v) is 10.1. The number of piperidine rings is 1. The van der Waals surface area contributed by atoms with Crippen LogP contribution in [0.2, 0.25) is 0 Å². The Morgan fingerprint density at radius 2 is 1.97 bits per heavy atom. The van der Waals surface area contributed by atoms with Crippen molar-refractivity contribution < 1.29 is 4.79 Å². The molecule has 0 saturated carbocycles. The number of likely N-dealkylation sites (tertiary alicyclic amines) is 1. The standard InChI is InChI=1S/C23H32N6OS/c1-14(2)20-10-18(19-11-24-29(15(3)4)21(19)26-20)22(30)27-23-25-17(13-31-23)12-28-8-6-16(5)7-9-28/h10-11,13-16H,6-9,12H2,1-5H3,(H,25,27,30). The van der Waals surface area contributed by atoms with Gasteiger partial charge in [0.15, 0.2) is 10.8 Å². The summed E-state index contributed by atoms with van der Waals surface area (Å²) in [5.41, 5.74) is 3.26. The Kier molecular flexibility index (Phi) is 6.39. The third-order valence-corrected chi connectivity index (χ3v) is 6.75. The van der Waals surface area contributed by atoms with Crippen LogP contribution in [0, 0.1) is 5.92 Å². The number of nitrogens with one attached hydrogen (secondary N) is 1. The fourth-order valence-corrected chi connectivity index (χ4v) is 4.65. The normalized spacial score (nSPS) is 16.0. The fraction of sp³-hybridized carbons (Fsp3) is 0.565. The summed E-state index contributed by atoms with van der Waals surface area (Å²) in [6.45, 7) is 13.7. The quantitative estimate of drug-likeness (QED) is 0.579. The number of carbonyl (C=O) groups is 1. The van der Waals surface area contributed by atoms with Crippen molar-refractivity contribution >= 4 is 33.4 Å². The highest BCUT2D eigenvalue weighted by molar-refractivity contribution is 7.14. The molecule has 31 heavy (non-hydrogen) atoms. The number of aromatic nitrogens is 4. The molecule has 0 spiro atoms. The van der Waals surface area contributed by atoms with Crippen LogP contribution in [0.3, 0.4) is 0 Å². The van der Waals surface area contributed by atoms with E-state index in [2.05, 4.69) is 54.9 Å². The molecule has 1 aliphatic heterocycles. The van der Waals surface area contributed by atoms with Crippen molar-refractivity contribution in [1.29, 1.82) is 0 Å². The summed E-state index contributed by atoms with van der Waals surface area (Å²) in [6.07, 6.45) is 4.23. The van der Waals surface area contributed by atoms with Crippen molar-refractivity contribution in [1.82, 2.24) is 24.6 Å². The lowest BCUT2D eigenvalue weighted by atomic mass is 9.99. The summed E-state index contributed by atoms with van der Waals surface area (Å²) >= 11 is 1.48. The van der Waals surface area contributed by atoms with Crippen molar-refractivity contribution in [2.75, 3.05) is 18.4 Å². The number of pyridine rings is 1. The van der Waals surface area contributed by atoms with E-state index in [1.165, 1.54) is 24.2 Å². The molecule has 0 aliphatic carbocycles. The van der Waals surface area contributed by atoms with Crippen molar-refractivity contribution in [2.45, 2.75) is 66.0 Å². The molecule has 0 aromatic carbocycles. The number of carbonyl (C=O) groups excluding carboxylic acids is 1. The molecule has 0 radical (unpaired) electrons. The minimum atomic E-state index is -0.162. The van der Waals surface area contributed by atoms with Crippen LogP contribution in [0.15, 0.2) is 17.6 Å². The molecule has 4 heterocycles. The van der Waals surface area contributed by atoms with Crippen LogP contribution in [-0.4, -0.2) is 43.6 Å². The van der Waals surface area contributed by atoms with Crippen LogP contribution < -0.4 is 5.32 Å². The number of hydrogen-bond acceptors (Lipinski definition) is 6. The summed E-state index contributed by atoms with van der Waals surface area (Å²) < 4.78 is 1.87. The molecular formula is C23H32N6OS. The zero-order chi connectivity index (χ0) is 22.1. The molecule has 0 bridgehead atoms. The fourth-order valence-electron chi connectivity index (χ4n) is 3.95. The molecule has 0 atom stereocenters. The summed E-state index contributed by atoms with van der Waals surface area (Å²) in [6, 6.07) is 2.06. The summed E-state index contributed by atoms with van der Waals surface area (Å²) in [4.78, 5) is 25.1. The number of nitrogens with zero attached hydrogens (tertiary/aromatic N) is 5. The summed E-state index contributed by atoms with van der Waals surface area (Å²) in [7, 11) is 0.